The molecule has 0 atom stereocenters. The molecule has 1 aliphatic heterocycles. The first-order chi connectivity index (χ1) is 12.4. The Balaban J connectivity index is 0.000000423. The molecular formula is C19H23BrCl2MgN2OS2. The number of hydrogen-bond donors (Lipinski definition) is 1. The summed E-state index contributed by atoms with van der Waals surface area (Å²) in [6.45, 7) is 0.862. The summed E-state index contributed by atoms with van der Waals surface area (Å²) in [5, 5.41) is 5.85. The van der Waals surface area contributed by atoms with Crippen LogP contribution in [-0.4, -0.2) is 54.5 Å². The second kappa shape index (κ2) is 11.3. The first kappa shape index (κ1) is 26.7. The zero-order chi connectivity index (χ0) is 18.8. The van der Waals surface area contributed by atoms with E-state index in [1.165, 1.54) is 16.2 Å². The SMILES string of the molecule is CN(C)C1(c2ccc(Cl)s2)CCC2(CC1)CNC(=O)C2.Clc1cc[c-]s1.[Br-].[Mg+2]. The van der Waals surface area contributed by atoms with E-state index < -0.39 is 0 Å². The van der Waals surface area contributed by atoms with Crippen LogP contribution in [0.1, 0.15) is 37.0 Å². The normalized spacial score (nSPS) is 26.1. The third-order valence-corrected chi connectivity index (χ3v) is 8.03. The fraction of sp³-hybridized carbons (Fsp3) is 0.526. The predicted octanol–water partition coefficient (Wildman–Crippen LogP) is 2.06. The molecule has 1 spiro atoms. The average molecular weight is 535 g/mol. The Morgan fingerprint density at radius 2 is 1.79 bits per heavy atom. The molecule has 9 heteroatoms. The molecule has 1 aliphatic carbocycles. The van der Waals surface area contributed by atoms with Crippen LogP contribution in [0.3, 0.4) is 0 Å². The Morgan fingerprint density at radius 1 is 1.11 bits per heavy atom. The number of hydrogen-bond acceptors (Lipinski definition) is 4. The molecule has 0 bridgehead atoms. The summed E-state index contributed by atoms with van der Waals surface area (Å²) in [7, 11) is 4.31. The van der Waals surface area contributed by atoms with Crippen molar-refractivity contribution in [3.8, 4) is 0 Å². The van der Waals surface area contributed by atoms with Gasteiger partial charge in [-0.05, 0) is 57.3 Å². The molecule has 0 unspecified atom stereocenters. The Bertz CT molecular complexity index is 747. The van der Waals surface area contributed by atoms with Crippen LogP contribution in [0.15, 0.2) is 24.3 Å². The van der Waals surface area contributed by atoms with Gasteiger partial charge in [-0.25, -0.2) is 0 Å². The molecule has 0 aromatic carbocycles. The summed E-state index contributed by atoms with van der Waals surface area (Å²) in [6.07, 6.45) is 5.14. The van der Waals surface area contributed by atoms with Gasteiger partial charge in [-0.2, -0.15) is 23.7 Å². The maximum atomic E-state index is 11.5. The van der Waals surface area contributed by atoms with Crippen molar-refractivity contribution >= 4 is 74.8 Å². The summed E-state index contributed by atoms with van der Waals surface area (Å²) in [4.78, 5) is 15.2. The van der Waals surface area contributed by atoms with E-state index in [9.17, 15) is 4.79 Å². The van der Waals surface area contributed by atoms with Crippen LogP contribution in [0.4, 0.5) is 0 Å². The van der Waals surface area contributed by atoms with Gasteiger partial charge in [0.15, 0.2) is 0 Å². The maximum absolute atomic E-state index is 11.5. The maximum Gasteiger partial charge on any atom is 2.00 e. The van der Waals surface area contributed by atoms with Crippen molar-refractivity contribution < 1.29 is 21.8 Å². The Kier molecular flexibility index (Phi) is 10.8. The Hall–Kier alpha value is 0.656. The fourth-order valence-electron chi connectivity index (χ4n) is 4.00. The van der Waals surface area contributed by atoms with Gasteiger partial charge >= 0.3 is 23.1 Å². The Labute approximate surface area is 212 Å². The summed E-state index contributed by atoms with van der Waals surface area (Å²) >= 11 is 14.7. The summed E-state index contributed by atoms with van der Waals surface area (Å²) in [5.41, 5.74) is 0.298. The summed E-state index contributed by atoms with van der Waals surface area (Å²) in [6, 6.07) is 7.78. The molecule has 3 heterocycles. The van der Waals surface area contributed by atoms with E-state index in [4.69, 9.17) is 23.2 Å². The third kappa shape index (κ3) is 6.09. The number of thiophene rings is 2. The van der Waals surface area contributed by atoms with Crippen molar-refractivity contribution in [3.63, 3.8) is 0 Å². The zero-order valence-electron chi connectivity index (χ0n) is 16.1. The Morgan fingerprint density at radius 3 is 2.14 bits per heavy atom. The van der Waals surface area contributed by atoms with E-state index in [2.05, 4.69) is 35.8 Å². The van der Waals surface area contributed by atoms with Crippen LogP contribution in [-0.2, 0) is 10.3 Å². The summed E-state index contributed by atoms with van der Waals surface area (Å²) < 4.78 is 1.66. The van der Waals surface area contributed by atoms with Gasteiger partial charge in [0, 0.05) is 17.8 Å². The summed E-state index contributed by atoms with van der Waals surface area (Å²) in [5.74, 6) is 0.224. The molecule has 2 aliphatic rings. The molecule has 1 saturated carbocycles. The fourth-order valence-corrected chi connectivity index (χ4v) is 5.95. The molecule has 3 nitrogen and oxygen atoms in total. The molecule has 0 radical (unpaired) electrons. The topological polar surface area (TPSA) is 32.3 Å². The largest absolute Gasteiger partial charge is 2.00 e. The van der Waals surface area contributed by atoms with Crippen LogP contribution in [0, 0.1) is 10.8 Å². The standard InChI is InChI=1S/C15H21ClN2OS.C4H2ClS.BrH.Mg/c1-18(2)15(11-3-4-12(16)20-11)7-5-14(6-8-15)9-13(19)17-10-14;5-4-2-1-3-6-4;;/h3-4H,5-10H2,1-2H3,(H,17,19);1-2H;1H;/q;-1;;+2/p-1. The third-order valence-electron chi connectivity index (χ3n) is 5.66. The zero-order valence-corrected chi connectivity index (χ0v) is 22.2. The first-order valence-corrected chi connectivity index (χ1v) is 11.1. The van der Waals surface area contributed by atoms with Crippen molar-refractivity contribution in [2.24, 2.45) is 5.41 Å². The molecule has 2 aromatic rings. The van der Waals surface area contributed by atoms with Gasteiger partial charge in [-0.3, -0.25) is 21.0 Å². The number of halogens is 3. The van der Waals surface area contributed by atoms with Crippen molar-refractivity contribution in [1.82, 2.24) is 10.2 Å². The quantitative estimate of drug-likeness (QED) is 0.473. The van der Waals surface area contributed by atoms with E-state index in [1.54, 1.807) is 17.4 Å². The number of rotatable bonds is 2. The van der Waals surface area contributed by atoms with Crippen LogP contribution < -0.4 is 22.3 Å². The molecule has 28 heavy (non-hydrogen) atoms. The van der Waals surface area contributed by atoms with Crippen LogP contribution in [0.2, 0.25) is 8.67 Å². The minimum atomic E-state index is 0. The smallest absolute Gasteiger partial charge is 1.00 e. The van der Waals surface area contributed by atoms with Gasteiger partial charge in [-0.1, -0.05) is 15.9 Å². The van der Waals surface area contributed by atoms with Gasteiger partial charge in [0.1, 0.15) is 0 Å². The average Bonchev–Trinajstić information content (AvgIpc) is 3.33. The number of nitrogens with zero attached hydrogens (tertiary/aromatic N) is 1. The van der Waals surface area contributed by atoms with Gasteiger partial charge in [0.05, 0.1) is 9.88 Å². The van der Waals surface area contributed by atoms with Crippen molar-refractivity contribution in [2.75, 3.05) is 20.6 Å². The first-order valence-electron chi connectivity index (χ1n) is 8.67. The molecule has 1 amide bonds. The van der Waals surface area contributed by atoms with Crippen LogP contribution in [0.25, 0.3) is 0 Å². The second-order valence-corrected chi connectivity index (χ2v) is 10.6. The number of carbonyl (C=O) groups excluding carboxylic acids is 1. The van der Waals surface area contributed by atoms with E-state index in [0.29, 0.717) is 6.42 Å². The van der Waals surface area contributed by atoms with E-state index in [0.717, 1.165) is 40.9 Å². The van der Waals surface area contributed by atoms with E-state index in [-0.39, 0.29) is 56.9 Å². The van der Waals surface area contributed by atoms with Crippen molar-refractivity contribution in [2.45, 2.75) is 37.6 Å². The van der Waals surface area contributed by atoms with Gasteiger partial charge < -0.3 is 22.3 Å². The minimum Gasteiger partial charge on any atom is -1.00 e. The monoisotopic (exact) mass is 532 g/mol. The molecule has 1 saturated heterocycles. The van der Waals surface area contributed by atoms with E-state index >= 15 is 0 Å². The molecular weight excluding hydrogens is 511 g/mol. The van der Waals surface area contributed by atoms with Crippen LogP contribution >= 0.6 is 45.9 Å². The molecule has 2 aromatic heterocycles. The molecule has 2 fully saturated rings. The van der Waals surface area contributed by atoms with Crippen LogP contribution in [0.5, 0.6) is 0 Å². The number of carbonyl (C=O) groups is 1. The van der Waals surface area contributed by atoms with Gasteiger partial charge in [0.2, 0.25) is 5.91 Å². The second-order valence-electron chi connectivity index (χ2n) is 7.34. The van der Waals surface area contributed by atoms with Gasteiger partial charge in [0.25, 0.3) is 0 Å². The minimum absolute atomic E-state index is 0. The van der Waals surface area contributed by atoms with Crippen molar-refractivity contribution in [3.05, 3.63) is 43.2 Å². The molecule has 1 N–H and O–H groups in total. The molecule has 4 rings (SSSR count). The van der Waals surface area contributed by atoms with E-state index in [1.807, 2.05) is 12.1 Å². The van der Waals surface area contributed by atoms with Crippen molar-refractivity contribution in [1.29, 1.82) is 0 Å². The number of amides is 1. The molecule has 150 valence electrons. The number of nitrogens with one attached hydrogen (secondary N) is 1. The predicted molar refractivity (Wildman–Crippen MR) is 117 cm³/mol. The van der Waals surface area contributed by atoms with Gasteiger partial charge in [-0.15, -0.1) is 16.7 Å².